The van der Waals surface area contributed by atoms with Gasteiger partial charge < -0.3 is 9.84 Å². The molecule has 3 heteroatoms. The number of halogens is 1. The summed E-state index contributed by atoms with van der Waals surface area (Å²) in [5.41, 5.74) is 1.62. The van der Waals surface area contributed by atoms with Crippen molar-refractivity contribution in [1.82, 2.24) is 0 Å². The molecule has 1 heterocycles. The van der Waals surface area contributed by atoms with E-state index in [0.717, 1.165) is 27.7 Å². The van der Waals surface area contributed by atoms with Gasteiger partial charge in [-0.15, -0.1) is 6.58 Å². The summed E-state index contributed by atoms with van der Waals surface area (Å²) in [7, 11) is 0. The Morgan fingerprint density at radius 2 is 2.10 bits per heavy atom. The largest absolute Gasteiger partial charge is 0.487 e. The molecule has 0 saturated heterocycles. The van der Waals surface area contributed by atoms with Gasteiger partial charge in [-0.1, -0.05) is 54.1 Å². The fourth-order valence-corrected chi connectivity index (χ4v) is 2.89. The van der Waals surface area contributed by atoms with Crippen LogP contribution in [0.1, 0.15) is 12.0 Å². The predicted octanol–water partition coefficient (Wildman–Crippen LogP) is 4.12. The minimum Gasteiger partial charge on any atom is -0.487 e. The maximum atomic E-state index is 10.3. The number of fused-ring (bicyclic) bond motifs is 3. The van der Waals surface area contributed by atoms with E-state index < -0.39 is 6.10 Å². The Hall–Kier alpha value is -1.77. The summed E-state index contributed by atoms with van der Waals surface area (Å²) in [4.78, 5) is 0. The molecule has 1 unspecified atom stereocenters. The van der Waals surface area contributed by atoms with Crippen molar-refractivity contribution in [2.24, 2.45) is 0 Å². The van der Waals surface area contributed by atoms with Crippen molar-refractivity contribution in [2.75, 3.05) is 6.61 Å². The molecule has 1 aliphatic rings. The molecule has 2 aromatic rings. The normalized spacial score (nSPS) is 15.7. The van der Waals surface area contributed by atoms with Gasteiger partial charge in [0, 0.05) is 16.5 Å². The lowest BCUT2D eigenvalue weighted by Gasteiger charge is -2.25. The molecule has 0 aromatic heterocycles. The van der Waals surface area contributed by atoms with Gasteiger partial charge in [-0.05, 0) is 11.8 Å². The highest BCUT2D eigenvalue weighted by Crippen LogP contribution is 2.41. The maximum Gasteiger partial charge on any atom is 0.135 e. The number of hydrogen-bond acceptors (Lipinski definition) is 2. The first kappa shape index (κ1) is 13.2. The number of hydrogen-bond donors (Lipinski definition) is 1. The van der Waals surface area contributed by atoms with Gasteiger partial charge in [0.15, 0.2) is 0 Å². The molecule has 20 heavy (non-hydrogen) atoms. The van der Waals surface area contributed by atoms with Crippen LogP contribution in [0.15, 0.2) is 54.1 Å². The molecule has 3 rings (SSSR count). The van der Waals surface area contributed by atoms with Crippen LogP contribution in [0, 0.1) is 0 Å². The zero-order valence-corrected chi connectivity index (χ0v) is 11.7. The highest BCUT2D eigenvalue weighted by Gasteiger charge is 2.25. The van der Waals surface area contributed by atoms with Crippen molar-refractivity contribution in [1.29, 1.82) is 0 Å². The van der Waals surface area contributed by atoms with Crippen molar-refractivity contribution in [3.05, 3.63) is 59.6 Å². The number of rotatable bonds is 3. The van der Waals surface area contributed by atoms with Crippen molar-refractivity contribution in [3.8, 4) is 5.75 Å². The van der Waals surface area contributed by atoms with E-state index in [1.54, 1.807) is 6.08 Å². The second-order valence-corrected chi connectivity index (χ2v) is 5.27. The van der Waals surface area contributed by atoms with Crippen molar-refractivity contribution in [3.63, 3.8) is 0 Å². The zero-order valence-electron chi connectivity index (χ0n) is 11.0. The Bertz CT molecular complexity index is 703. The first-order valence-electron chi connectivity index (χ1n) is 6.54. The summed E-state index contributed by atoms with van der Waals surface area (Å²) in [6, 6.07) is 12.0. The van der Waals surface area contributed by atoms with Crippen LogP contribution in [0.5, 0.6) is 5.75 Å². The van der Waals surface area contributed by atoms with Gasteiger partial charge >= 0.3 is 0 Å². The maximum absolute atomic E-state index is 10.3. The van der Waals surface area contributed by atoms with Crippen molar-refractivity contribution >= 4 is 27.9 Å². The average Bonchev–Trinajstić information content (AvgIpc) is 2.46. The fraction of sp³-hybridized carbons (Fsp3) is 0.176. The Labute approximate surface area is 122 Å². The van der Waals surface area contributed by atoms with E-state index in [1.807, 2.05) is 36.4 Å². The Morgan fingerprint density at radius 3 is 2.90 bits per heavy atom. The third-order valence-electron chi connectivity index (χ3n) is 3.53. The van der Waals surface area contributed by atoms with Crippen LogP contribution in [0.2, 0.25) is 0 Å². The average molecular weight is 287 g/mol. The van der Waals surface area contributed by atoms with Gasteiger partial charge in [0.05, 0.1) is 11.1 Å². The molecule has 1 aliphatic heterocycles. The van der Waals surface area contributed by atoms with Crippen LogP contribution < -0.4 is 4.74 Å². The highest BCUT2D eigenvalue weighted by molar-refractivity contribution is 6.33. The minimum atomic E-state index is -0.649. The molecule has 2 aromatic carbocycles. The van der Waals surface area contributed by atoms with Crippen molar-refractivity contribution < 1.29 is 9.84 Å². The van der Waals surface area contributed by atoms with E-state index in [0.29, 0.717) is 18.1 Å². The van der Waals surface area contributed by atoms with Gasteiger partial charge in [0.2, 0.25) is 0 Å². The number of aliphatic hydroxyl groups is 1. The standard InChI is InChI=1S/C17H15ClO2/c1-2-5-15(19)16-13-9-8-11-6-3-4-7-12(11)17(13)20-10-14(16)18/h2-4,6-9,15,19H,1,5,10H2. The first-order valence-corrected chi connectivity index (χ1v) is 6.92. The lowest BCUT2D eigenvalue weighted by atomic mass is 9.93. The molecule has 0 saturated carbocycles. The molecule has 1 N–H and O–H groups in total. The van der Waals surface area contributed by atoms with Gasteiger partial charge in [-0.25, -0.2) is 0 Å². The van der Waals surface area contributed by atoms with Crippen LogP contribution in [0.25, 0.3) is 16.3 Å². The Morgan fingerprint density at radius 1 is 1.30 bits per heavy atom. The molecular formula is C17H15ClO2. The van der Waals surface area contributed by atoms with E-state index in [9.17, 15) is 5.11 Å². The summed E-state index contributed by atoms with van der Waals surface area (Å²) in [5.74, 6) is 0.797. The molecule has 0 spiro atoms. The highest BCUT2D eigenvalue weighted by atomic mass is 35.5. The fourth-order valence-electron chi connectivity index (χ4n) is 2.61. The summed E-state index contributed by atoms with van der Waals surface area (Å²) in [5, 5.41) is 13.0. The van der Waals surface area contributed by atoms with E-state index >= 15 is 0 Å². The lowest BCUT2D eigenvalue weighted by molar-refractivity contribution is 0.232. The number of ether oxygens (including phenoxy) is 1. The third kappa shape index (κ3) is 2.11. The number of aliphatic hydroxyl groups excluding tert-OH is 1. The predicted molar refractivity (Wildman–Crippen MR) is 83.0 cm³/mol. The molecule has 0 fully saturated rings. The number of benzene rings is 2. The molecule has 102 valence electrons. The van der Waals surface area contributed by atoms with Crippen LogP contribution in [0.4, 0.5) is 0 Å². The quantitative estimate of drug-likeness (QED) is 0.860. The second kappa shape index (κ2) is 5.31. The molecular weight excluding hydrogens is 272 g/mol. The molecule has 0 aliphatic carbocycles. The summed E-state index contributed by atoms with van der Waals surface area (Å²) < 4.78 is 5.78. The molecule has 1 atom stereocenters. The van der Waals surface area contributed by atoms with E-state index in [1.165, 1.54) is 0 Å². The van der Waals surface area contributed by atoms with E-state index in [-0.39, 0.29) is 0 Å². The van der Waals surface area contributed by atoms with E-state index in [2.05, 4.69) is 6.58 Å². The summed E-state index contributed by atoms with van der Waals surface area (Å²) in [6.45, 7) is 3.97. The molecule has 2 nitrogen and oxygen atoms in total. The Kier molecular flexibility index (Phi) is 3.51. The summed E-state index contributed by atoms with van der Waals surface area (Å²) in [6.07, 6.45) is 1.51. The zero-order chi connectivity index (χ0) is 14.1. The molecule has 0 amide bonds. The van der Waals surface area contributed by atoms with Crippen LogP contribution in [-0.4, -0.2) is 17.8 Å². The van der Waals surface area contributed by atoms with Crippen LogP contribution >= 0.6 is 11.6 Å². The Balaban J connectivity index is 2.21. The minimum absolute atomic E-state index is 0.298. The topological polar surface area (TPSA) is 29.5 Å². The van der Waals surface area contributed by atoms with Crippen molar-refractivity contribution in [2.45, 2.75) is 12.5 Å². The molecule has 0 radical (unpaired) electrons. The SMILES string of the molecule is C=CCC(O)C1=C(Cl)COc2c1ccc1ccccc21. The van der Waals surface area contributed by atoms with Gasteiger partial charge in [-0.3, -0.25) is 0 Å². The van der Waals surface area contributed by atoms with Crippen LogP contribution in [0.3, 0.4) is 0 Å². The monoisotopic (exact) mass is 286 g/mol. The van der Waals surface area contributed by atoms with Gasteiger partial charge in [-0.2, -0.15) is 0 Å². The van der Waals surface area contributed by atoms with E-state index in [4.69, 9.17) is 16.3 Å². The van der Waals surface area contributed by atoms with Gasteiger partial charge in [0.25, 0.3) is 0 Å². The smallest absolute Gasteiger partial charge is 0.135 e. The third-order valence-corrected chi connectivity index (χ3v) is 3.84. The first-order chi connectivity index (χ1) is 9.72. The lowest BCUT2D eigenvalue weighted by Crippen LogP contribution is -2.17. The second-order valence-electron chi connectivity index (χ2n) is 4.81. The van der Waals surface area contributed by atoms with Gasteiger partial charge in [0.1, 0.15) is 12.4 Å². The molecule has 0 bridgehead atoms. The summed E-state index contributed by atoms with van der Waals surface area (Å²) >= 11 is 6.25. The van der Waals surface area contributed by atoms with Crippen LogP contribution in [-0.2, 0) is 0 Å².